The van der Waals surface area contributed by atoms with Crippen LogP contribution in [0, 0.1) is 16.5 Å². The molecule has 0 atom stereocenters. The molecule has 0 fully saturated rings. The molecule has 2 aliphatic heterocycles. The molecule has 0 bridgehead atoms. The van der Waals surface area contributed by atoms with E-state index in [0.717, 1.165) is 32.9 Å². The van der Waals surface area contributed by atoms with E-state index in [4.69, 9.17) is 0 Å². The van der Waals surface area contributed by atoms with Gasteiger partial charge in [0.1, 0.15) is 0 Å². The van der Waals surface area contributed by atoms with E-state index in [-0.39, 0.29) is 0 Å². The highest BCUT2D eigenvalue weighted by Crippen LogP contribution is 2.33. The summed E-state index contributed by atoms with van der Waals surface area (Å²) in [6, 6.07) is 22.0. The molecule has 5 rings (SSSR count). The monoisotopic (exact) mass is 253 g/mol. The minimum atomic E-state index is 0.904. The molecule has 0 aliphatic carbocycles. The predicted molar refractivity (Wildman–Crippen MR) is 76.5 cm³/mol. The maximum Gasteiger partial charge on any atom is 0.0818 e. The summed E-state index contributed by atoms with van der Waals surface area (Å²) in [6.45, 7) is 0. The lowest BCUT2D eigenvalue weighted by atomic mass is 10.0. The van der Waals surface area contributed by atoms with E-state index < -0.39 is 0 Å². The summed E-state index contributed by atoms with van der Waals surface area (Å²) in [5.41, 5.74) is 4.27. The van der Waals surface area contributed by atoms with Crippen molar-refractivity contribution in [1.29, 1.82) is 0 Å². The highest BCUT2D eigenvalue weighted by molar-refractivity contribution is 5.80. The third-order valence-corrected chi connectivity index (χ3v) is 3.89. The van der Waals surface area contributed by atoms with Crippen molar-refractivity contribution >= 4 is 11.4 Å². The summed E-state index contributed by atoms with van der Waals surface area (Å²) in [7, 11) is 0. The number of para-hydroxylation sites is 2. The number of hydrogen-bond donors (Lipinski definition) is 0. The number of fused-ring (bicyclic) bond motifs is 5. The first-order valence-electron chi connectivity index (χ1n) is 6.63. The van der Waals surface area contributed by atoms with Crippen LogP contribution in [0.4, 0.5) is 11.4 Å². The Hall–Kier alpha value is -2.74. The van der Waals surface area contributed by atoms with Gasteiger partial charge in [-0.2, -0.15) is 0 Å². The van der Waals surface area contributed by atoms with Crippen molar-refractivity contribution in [2.24, 2.45) is 9.98 Å². The second-order valence-corrected chi connectivity index (χ2v) is 5.05. The van der Waals surface area contributed by atoms with Crippen molar-refractivity contribution in [3.63, 3.8) is 0 Å². The molecule has 0 N–H and O–H groups in total. The highest BCUT2D eigenvalue weighted by Gasteiger charge is 2.15. The molecule has 20 heavy (non-hydrogen) atoms. The Morgan fingerprint density at radius 2 is 1.60 bits per heavy atom. The molecule has 2 aliphatic rings. The van der Waals surface area contributed by atoms with E-state index in [2.05, 4.69) is 46.4 Å². The third-order valence-electron chi connectivity index (χ3n) is 3.89. The molecule has 2 heterocycles. The topological polar surface area (TPSA) is 24.7 Å². The van der Waals surface area contributed by atoms with Crippen molar-refractivity contribution in [2.75, 3.05) is 0 Å². The average Bonchev–Trinajstić information content (AvgIpc) is 3.02. The smallest absolute Gasteiger partial charge is 0.0818 e. The van der Waals surface area contributed by atoms with Gasteiger partial charge in [-0.1, -0.05) is 36.4 Å². The molecule has 1 radical (unpaired) electrons. The Bertz CT molecular complexity index is 1090. The standard InChI is InChI=1S/C18H9N2/c1-3-7-15-11(5-1)13-9-14-12-6-2-4-8-16(12)20-18(14)10-17(13)19-15/h1-9H. The summed E-state index contributed by atoms with van der Waals surface area (Å²) >= 11 is 0. The van der Waals surface area contributed by atoms with Crippen molar-refractivity contribution in [2.45, 2.75) is 0 Å². The van der Waals surface area contributed by atoms with Gasteiger partial charge in [0.2, 0.25) is 0 Å². The highest BCUT2D eigenvalue weighted by atomic mass is 14.8. The van der Waals surface area contributed by atoms with Gasteiger partial charge in [0.05, 0.1) is 22.1 Å². The van der Waals surface area contributed by atoms with Crippen LogP contribution in [0.5, 0.6) is 0 Å². The van der Waals surface area contributed by atoms with Crippen molar-refractivity contribution in [3.05, 3.63) is 81.8 Å². The molecule has 0 amide bonds. The zero-order valence-corrected chi connectivity index (χ0v) is 10.6. The van der Waals surface area contributed by atoms with E-state index in [1.165, 1.54) is 10.8 Å². The summed E-state index contributed by atoms with van der Waals surface area (Å²) in [4.78, 5) is 9.28. The Balaban J connectivity index is 1.98. The minimum Gasteiger partial charge on any atom is -0.247 e. The molecule has 0 saturated heterocycles. The van der Waals surface area contributed by atoms with Crippen LogP contribution in [0.3, 0.4) is 0 Å². The lowest BCUT2D eigenvalue weighted by Gasteiger charge is -1.98. The van der Waals surface area contributed by atoms with Gasteiger partial charge in [-0.25, -0.2) is 9.98 Å². The van der Waals surface area contributed by atoms with Gasteiger partial charge < -0.3 is 0 Å². The molecule has 0 unspecified atom stereocenters. The van der Waals surface area contributed by atoms with Gasteiger partial charge in [-0.05, 0) is 18.2 Å². The summed E-state index contributed by atoms with van der Waals surface area (Å²) in [5.74, 6) is 0. The summed E-state index contributed by atoms with van der Waals surface area (Å²) in [5, 5.41) is 4.27. The van der Waals surface area contributed by atoms with Crippen molar-refractivity contribution in [1.82, 2.24) is 0 Å². The molecule has 91 valence electrons. The Labute approximate surface area is 115 Å². The predicted octanol–water partition coefficient (Wildman–Crippen LogP) is 2.97. The number of rotatable bonds is 0. The molecule has 0 saturated carbocycles. The maximum atomic E-state index is 4.64. The van der Waals surface area contributed by atoms with E-state index in [1.807, 2.05) is 24.3 Å². The van der Waals surface area contributed by atoms with Crippen molar-refractivity contribution in [3.8, 4) is 11.1 Å². The number of hydrogen-bond acceptors (Lipinski definition) is 2. The molecular weight excluding hydrogens is 244 g/mol. The molecule has 0 aromatic heterocycles. The van der Waals surface area contributed by atoms with Gasteiger partial charge in [0.15, 0.2) is 0 Å². The fraction of sp³-hybridized carbons (Fsp3) is 0. The summed E-state index contributed by atoms with van der Waals surface area (Å²) in [6.07, 6.45) is 0. The molecule has 0 spiro atoms. The molecule has 2 heteroatoms. The molecule has 2 nitrogen and oxygen atoms in total. The Kier molecular flexibility index (Phi) is 1.73. The SMILES string of the molecule is [c]1c2c(cc3c1=Nc1ccccc1-3)=c1ccccc1=N2. The second kappa shape index (κ2) is 3.42. The first-order valence-corrected chi connectivity index (χ1v) is 6.63. The van der Waals surface area contributed by atoms with Gasteiger partial charge in [0, 0.05) is 27.6 Å². The van der Waals surface area contributed by atoms with Gasteiger partial charge in [-0.15, -0.1) is 0 Å². The number of nitrogens with zero attached hydrogens (tertiary/aromatic N) is 2. The van der Waals surface area contributed by atoms with Crippen LogP contribution in [-0.4, -0.2) is 0 Å². The zero-order valence-electron chi connectivity index (χ0n) is 10.6. The van der Waals surface area contributed by atoms with Crippen LogP contribution in [0.2, 0.25) is 0 Å². The summed E-state index contributed by atoms with van der Waals surface area (Å²) < 4.78 is 0. The lowest BCUT2D eigenvalue weighted by molar-refractivity contribution is 1.34. The van der Waals surface area contributed by atoms with Crippen LogP contribution in [-0.2, 0) is 0 Å². The van der Waals surface area contributed by atoms with Gasteiger partial charge in [-0.3, -0.25) is 0 Å². The zero-order chi connectivity index (χ0) is 13.1. The largest absolute Gasteiger partial charge is 0.247 e. The minimum absolute atomic E-state index is 0.904. The van der Waals surface area contributed by atoms with Crippen LogP contribution in [0.25, 0.3) is 11.1 Å². The van der Waals surface area contributed by atoms with E-state index >= 15 is 0 Å². The van der Waals surface area contributed by atoms with E-state index in [0.29, 0.717) is 0 Å². The van der Waals surface area contributed by atoms with Gasteiger partial charge in [0.25, 0.3) is 0 Å². The van der Waals surface area contributed by atoms with Gasteiger partial charge >= 0.3 is 0 Å². The normalized spacial score (nSPS) is 12.8. The average molecular weight is 253 g/mol. The van der Waals surface area contributed by atoms with Crippen LogP contribution < -0.4 is 10.7 Å². The first kappa shape index (κ1) is 10.1. The van der Waals surface area contributed by atoms with Crippen LogP contribution in [0.1, 0.15) is 0 Å². The van der Waals surface area contributed by atoms with Crippen LogP contribution in [0.15, 0.2) is 64.6 Å². The number of benzene rings is 3. The van der Waals surface area contributed by atoms with Crippen molar-refractivity contribution < 1.29 is 0 Å². The van der Waals surface area contributed by atoms with E-state index in [1.54, 1.807) is 0 Å². The molecular formula is C18H9N2. The van der Waals surface area contributed by atoms with E-state index in [9.17, 15) is 0 Å². The van der Waals surface area contributed by atoms with Crippen LogP contribution >= 0.6 is 0 Å². The Morgan fingerprint density at radius 3 is 2.60 bits per heavy atom. The fourth-order valence-corrected chi connectivity index (χ4v) is 2.95. The molecule has 3 aromatic carbocycles. The lowest BCUT2D eigenvalue weighted by Crippen LogP contribution is -2.00. The maximum absolute atomic E-state index is 4.64. The second-order valence-electron chi connectivity index (χ2n) is 5.05. The third kappa shape index (κ3) is 1.18. The Morgan fingerprint density at radius 1 is 0.750 bits per heavy atom. The quantitative estimate of drug-likeness (QED) is 0.405. The molecule has 3 aromatic rings. The first-order chi connectivity index (χ1) is 9.90. The fourth-order valence-electron chi connectivity index (χ4n) is 2.95.